The van der Waals surface area contributed by atoms with Crippen LogP contribution in [0.15, 0.2) is 0 Å². The van der Waals surface area contributed by atoms with Gasteiger partial charge in [-0.05, 0) is 43.7 Å². The summed E-state index contributed by atoms with van der Waals surface area (Å²) in [5.41, 5.74) is 0. The van der Waals surface area contributed by atoms with Crippen LogP contribution in [0.1, 0.15) is 34.1 Å². The van der Waals surface area contributed by atoms with Gasteiger partial charge in [-0.25, -0.2) is 0 Å². The Kier molecular flexibility index (Phi) is 11.9. The van der Waals surface area contributed by atoms with E-state index < -0.39 is 25.1 Å². The Labute approximate surface area is 171 Å². The lowest BCUT2D eigenvalue weighted by molar-refractivity contribution is -0.139. The summed E-state index contributed by atoms with van der Waals surface area (Å²) in [4.78, 5) is 12.8. The lowest BCUT2D eigenvalue weighted by atomic mass is 10.2. The highest BCUT2D eigenvalue weighted by Gasteiger charge is 2.36. The lowest BCUT2D eigenvalue weighted by Gasteiger charge is -2.37. The fourth-order valence-corrected chi connectivity index (χ4v) is 8.85. The maximum absolute atomic E-state index is 12.8. The Morgan fingerprint density at radius 3 is 1.81 bits per heavy atom. The van der Waals surface area contributed by atoms with E-state index in [1.54, 1.807) is 14.2 Å². The largest absolute Gasteiger partial charge is 0.519 e. The fourth-order valence-electron chi connectivity index (χ4n) is 3.26. The number of nitrogens with zero attached hydrogens (tertiary/aromatic N) is 1. The molecule has 0 heterocycles. The molecule has 0 saturated heterocycles. The van der Waals surface area contributed by atoms with E-state index >= 15 is 0 Å². The van der Waals surface area contributed by atoms with Crippen LogP contribution < -0.4 is 0 Å². The van der Waals surface area contributed by atoms with Crippen molar-refractivity contribution < 1.29 is 18.1 Å². The van der Waals surface area contributed by atoms with Crippen LogP contribution in [0.5, 0.6) is 0 Å². The zero-order chi connectivity index (χ0) is 21.3. The third-order valence-corrected chi connectivity index (χ3v) is 15.8. The molecule has 1 atom stereocenters. The summed E-state index contributed by atoms with van der Waals surface area (Å²) < 4.78 is 19.9. The maximum atomic E-state index is 12.8. The third kappa shape index (κ3) is 8.91. The highest BCUT2D eigenvalue weighted by molar-refractivity contribution is 6.75. The van der Waals surface area contributed by atoms with E-state index in [1.165, 1.54) is 0 Å². The van der Waals surface area contributed by atoms with E-state index in [0.29, 0.717) is 0 Å². The molecule has 0 aromatic rings. The van der Waals surface area contributed by atoms with Gasteiger partial charge in [0.05, 0.1) is 5.92 Å². The minimum atomic E-state index is -2.03. The highest BCUT2D eigenvalue weighted by atomic mass is 28.4. The Hall–Kier alpha value is 0.000649. The SMILES string of the molecule is CC[Si](CC)(CC)OC(=O)C(C)CN(CCC[Si](C)(OC)OC)[Si](C)(C)C. The number of rotatable bonds is 14. The van der Waals surface area contributed by atoms with Gasteiger partial charge in [0.1, 0.15) is 8.24 Å². The zero-order valence-electron chi connectivity index (χ0n) is 19.6. The van der Waals surface area contributed by atoms with Crippen molar-refractivity contribution in [3.05, 3.63) is 0 Å². The Bertz CT molecular complexity index is 427. The van der Waals surface area contributed by atoms with E-state index in [-0.39, 0.29) is 11.9 Å². The number of hydrogen-bond acceptors (Lipinski definition) is 5. The van der Waals surface area contributed by atoms with Crippen molar-refractivity contribution in [1.29, 1.82) is 0 Å². The second-order valence-electron chi connectivity index (χ2n) is 8.83. The molecule has 0 N–H and O–H groups in total. The normalized spacial score (nSPS) is 14.5. The summed E-state index contributed by atoms with van der Waals surface area (Å²) in [5, 5.41) is 0. The van der Waals surface area contributed by atoms with Crippen LogP contribution in [0.4, 0.5) is 0 Å². The summed E-state index contributed by atoms with van der Waals surface area (Å²) in [5.74, 6) is -0.0785. The monoisotopic (exact) mass is 435 g/mol. The predicted octanol–water partition coefficient (Wildman–Crippen LogP) is 5.06. The molecule has 0 aromatic carbocycles. The van der Waals surface area contributed by atoms with Gasteiger partial charge in [-0.1, -0.05) is 47.3 Å². The van der Waals surface area contributed by atoms with Crippen molar-refractivity contribution in [2.45, 2.75) is 84.5 Å². The molecule has 27 heavy (non-hydrogen) atoms. The van der Waals surface area contributed by atoms with Crippen LogP contribution in [-0.2, 0) is 18.1 Å². The van der Waals surface area contributed by atoms with Crippen LogP contribution in [0.2, 0.25) is 50.4 Å². The maximum Gasteiger partial charge on any atom is 0.334 e. The molecule has 0 rings (SSSR count). The number of carbonyl (C=O) groups excluding carboxylic acids is 1. The smallest absolute Gasteiger partial charge is 0.334 e. The van der Waals surface area contributed by atoms with Gasteiger partial charge in [0.2, 0.25) is 0 Å². The predicted molar refractivity (Wildman–Crippen MR) is 122 cm³/mol. The van der Waals surface area contributed by atoms with Crippen LogP contribution >= 0.6 is 0 Å². The summed E-state index contributed by atoms with van der Waals surface area (Å²) in [7, 11) is -1.95. The van der Waals surface area contributed by atoms with Gasteiger partial charge in [-0.15, -0.1) is 0 Å². The van der Waals surface area contributed by atoms with Crippen molar-refractivity contribution in [3.63, 3.8) is 0 Å². The number of hydrogen-bond donors (Lipinski definition) is 0. The minimum absolute atomic E-state index is 0.00321. The van der Waals surface area contributed by atoms with Crippen molar-refractivity contribution in [2.24, 2.45) is 5.92 Å². The first kappa shape index (κ1) is 27.0. The molecule has 0 bridgehead atoms. The van der Waals surface area contributed by atoms with Crippen molar-refractivity contribution in [3.8, 4) is 0 Å². The second-order valence-corrected chi connectivity index (χ2v) is 22.1. The molecule has 8 heteroatoms. The molecule has 1 unspecified atom stereocenters. The van der Waals surface area contributed by atoms with E-state index in [4.69, 9.17) is 13.3 Å². The Morgan fingerprint density at radius 2 is 1.44 bits per heavy atom. The molecule has 5 nitrogen and oxygen atoms in total. The third-order valence-electron chi connectivity index (χ3n) is 6.02. The second kappa shape index (κ2) is 11.9. The van der Waals surface area contributed by atoms with Gasteiger partial charge in [0, 0.05) is 20.8 Å². The van der Waals surface area contributed by atoms with Gasteiger partial charge < -0.3 is 17.8 Å². The first-order valence-electron chi connectivity index (χ1n) is 10.5. The molecule has 0 aliphatic rings. The van der Waals surface area contributed by atoms with Crippen LogP contribution in [0.3, 0.4) is 0 Å². The van der Waals surface area contributed by atoms with Gasteiger partial charge in [-0.2, -0.15) is 0 Å². The quantitative estimate of drug-likeness (QED) is 0.357. The average Bonchev–Trinajstić information content (AvgIpc) is 2.64. The van der Waals surface area contributed by atoms with Crippen molar-refractivity contribution in [1.82, 2.24) is 4.57 Å². The van der Waals surface area contributed by atoms with Crippen molar-refractivity contribution in [2.75, 3.05) is 27.3 Å². The van der Waals surface area contributed by atoms with E-state index in [9.17, 15) is 4.79 Å². The van der Waals surface area contributed by atoms with Gasteiger partial charge in [0.15, 0.2) is 0 Å². The molecular formula is C19H45NO4Si3. The molecule has 0 fully saturated rings. The van der Waals surface area contributed by atoms with E-state index in [0.717, 1.165) is 43.7 Å². The van der Waals surface area contributed by atoms with Gasteiger partial charge in [0.25, 0.3) is 14.3 Å². The van der Waals surface area contributed by atoms with Crippen LogP contribution in [0.25, 0.3) is 0 Å². The molecule has 0 aliphatic carbocycles. The molecule has 0 aliphatic heterocycles. The van der Waals surface area contributed by atoms with Crippen LogP contribution in [-0.4, -0.2) is 63.0 Å². The Balaban J connectivity index is 4.92. The van der Waals surface area contributed by atoms with E-state index in [2.05, 4.69) is 51.5 Å². The molecular weight excluding hydrogens is 390 g/mol. The Morgan fingerprint density at radius 1 is 0.963 bits per heavy atom. The summed E-state index contributed by atoms with van der Waals surface area (Å²) >= 11 is 0. The first-order valence-corrected chi connectivity index (χ1v) is 19.0. The lowest BCUT2D eigenvalue weighted by Crippen LogP contribution is -2.50. The zero-order valence-corrected chi connectivity index (χ0v) is 22.6. The standard InChI is InChI=1S/C19H45NO4Si3/c1-11-27(12-2,13-3)24-19(21)18(4)17-20(25(7,8)9)15-14-16-26(10,22-5)23-6/h18H,11-17H2,1-10H3. The summed E-state index contributed by atoms with van der Waals surface area (Å²) in [6.45, 7) is 19.4. The molecule has 162 valence electrons. The molecule has 0 saturated carbocycles. The highest BCUT2D eigenvalue weighted by Crippen LogP contribution is 2.24. The first-order chi connectivity index (χ1) is 12.4. The van der Waals surface area contributed by atoms with Gasteiger partial charge >= 0.3 is 8.56 Å². The van der Waals surface area contributed by atoms with Crippen molar-refractivity contribution >= 4 is 31.1 Å². The molecule has 0 radical (unpaired) electrons. The van der Waals surface area contributed by atoms with Crippen LogP contribution in [0, 0.1) is 5.92 Å². The summed E-state index contributed by atoms with van der Waals surface area (Å²) in [6, 6.07) is 3.99. The average molecular weight is 436 g/mol. The molecule has 0 aromatic heterocycles. The number of carbonyl (C=O) groups is 1. The van der Waals surface area contributed by atoms with E-state index in [1.807, 2.05) is 6.92 Å². The molecule has 0 amide bonds. The topological polar surface area (TPSA) is 48.0 Å². The van der Waals surface area contributed by atoms with Gasteiger partial charge in [-0.3, -0.25) is 4.79 Å². The molecule has 0 spiro atoms. The fraction of sp³-hybridized carbons (Fsp3) is 0.947. The summed E-state index contributed by atoms with van der Waals surface area (Å²) in [6.07, 6.45) is 1.04. The minimum Gasteiger partial charge on any atom is -0.519 e.